The van der Waals surface area contributed by atoms with Crippen LogP contribution in [0.4, 0.5) is 15.9 Å². The second-order valence-corrected chi connectivity index (χ2v) is 8.33. The van der Waals surface area contributed by atoms with E-state index in [0.717, 1.165) is 10.6 Å². The average molecular weight is 471 g/mol. The van der Waals surface area contributed by atoms with Crippen molar-refractivity contribution < 1.29 is 18.8 Å². The third kappa shape index (κ3) is 5.20. The number of aromatic nitrogens is 4. The number of anilines is 2. The zero-order chi connectivity index (χ0) is 23.4. The van der Waals surface area contributed by atoms with Crippen molar-refractivity contribution in [2.24, 2.45) is 0 Å². The van der Waals surface area contributed by atoms with E-state index >= 15 is 0 Å². The van der Waals surface area contributed by atoms with Crippen LogP contribution in [0.2, 0.25) is 0 Å². The standard InChI is InChI=1S/C22H23FN6O3S/c1-4-31-17-11-18(33-20(17)21-27-22(30)32-28-21)16-10-19(26-12-25-16)24-8-7-13-5-6-14(29(2)3)9-15(13)23/h5-6,9-12H,4,7-8H2,1-3H3,(H,24,25,26)(H,27,28,30). The van der Waals surface area contributed by atoms with E-state index in [4.69, 9.17) is 4.74 Å². The molecule has 0 fully saturated rings. The van der Waals surface area contributed by atoms with Crippen LogP contribution < -0.4 is 15.0 Å². The van der Waals surface area contributed by atoms with Gasteiger partial charge in [0.2, 0.25) is 5.82 Å². The summed E-state index contributed by atoms with van der Waals surface area (Å²) in [5.74, 6) is 1.20. The van der Waals surface area contributed by atoms with Crippen molar-refractivity contribution in [1.82, 2.24) is 20.1 Å². The highest BCUT2D eigenvalue weighted by Crippen LogP contribution is 2.41. The van der Waals surface area contributed by atoms with E-state index in [2.05, 4.69) is 29.9 Å². The first-order chi connectivity index (χ1) is 15.9. The highest BCUT2D eigenvalue weighted by Gasteiger charge is 2.19. The van der Waals surface area contributed by atoms with Crippen LogP contribution in [0, 0.1) is 5.82 Å². The van der Waals surface area contributed by atoms with Gasteiger partial charge in [-0.25, -0.2) is 14.4 Å². The number of nitrogens with one attached hydrogen (secondary N) is 1. The maximum absolute atomic E-state index is 14.3. The number of hydrogen-bond donors (Lipinski definition) is 2. The SMILES string of the molecule is CCOc1cc(-c2cc(NCCc3ccc(N(C)C)cc3F)ncn2)sc1-c1noc(O)n1. The summed E-state index contributed by atoms with van der Waals surface area (Å²) < 4.78 is 24.7. The van der Waals surface area contributed by atoms with Crippen molar-refractivity contribution in [3.63, 3.8) is 0 Å². The van der Waals surface area contributed by atoms with Gasteiger partial charge in [0.1, 0.15) is 28.6 Å². The molecule has 11 heteroatoms. The molecule has 2 N–H and O–H groups in total. The molecule has 0 aliphatic carbocycles. The summed E-state index contributed by atoms with van der Waals surface area (Å²) in [4.78, 5) is 15.8. The molecule has 3 aromatic heterocycles. The monoisotopic (exact) mass is 470 g/mol. The summed E-state index contributed by atoms with van der Waals surface area (Å²) in [5, 5.41) is 16.4. The molecule has 9 nitrogen and oxygen atoms in total. The molecular weight excluding hydrogens is 447 g/mol. The Hall–Kier alpha value is -3.73. The van der Waals surface area contributed by atoms with Gasteiger partial charge in [-0.15, -0.1) is 11.3 Å². The Bertz CT molecular complexity index is 1240. The Labute approximate surface area is 193 Å². The molecule has 0 bridgehead atoms. The molecule has 0 unspecified atom stereocenters. The van der Waals surface area contributed by atoms with E-state index in [0.29, 0.717) is 47.3 Å². The molecule has 0 radical (unpaired) electrons. The quantitative estimate of drug-likeness (QED) is 0.371. The summed E-state index contributed by atoms with van der Waals surface area (Å²) in [6.07, 6.45) is 1.46. The van der Waals surface area contributed by atoms with Gasteiger partial charge in [-0.1, -0.05) is 11.2 Å². The first-order valence-electron chi connectivity index (χ1n) is 10.3. The largest absolute Gasteiger partial charge is 0.492 e. The molecule has 0 spiro atoms. The van der Waals surface area contributed by atoms with Gasteiger partial charge in [0.15, 0.2) is 0 Å². The number of rotatable bonds is 9. The Morgan fingerprint density at radius 3 is 2.76 bits per heavy atom. The van der Waals surface area contributed by atoms with Crippen molar-refractivity contribution in [2.75, 3.05) is 37.5 Å². The van der Waals surface area contributed by atoms with Crippen LogP contribution in [0.3, 0.4) is 0 Å². The minimum atomic E-state index is -0.510. The number of hydrogen-bond acceptors (Lipinski definition) is 10. The van der Waals surface area contributed by atoms with Gasteiger partial charge in [0.05, 0.1) is 17.2 Å². The maximum Gasteiger partial charge on any atom is 0.415 e. The minimum Gasteiger partial charge on any atom is -0.492 e. The van der Waals surface area contributed by atoms with Gasteiger partial charge in [-0.05, 0) is 31.0 Å². The smallest absolute Gasteiger partial charge is 0.415 e. The Balaban J connectivity index is 1.48. The summed E-state index contributed by atoms with van der Waals surface area (Å²) >= 11 is 1.36. The molecule has 3 heterocycles. The van der Waals surface area contributed by atoms with Crippen molar-refractivity contribution in [1.29, 1.82) is 0 Å². The lowest BCUT2D eigenvalue weighted by Gasteiger charge is -2.14. The van der Waals surface area contributed by atoms with Crippen molar-refractivity contribution in [3.05, 3.63) is 48.0 Å². The van der Waals surface area contributed by atoms with E-state index in [-0.39, 0.29) is 11.6 Å². The lowest BCUT2D eigenvalue weighted by atomic mass is 10.1. The first kappa shape index (κ1) is 22.5. The molecule has 0 saturated carbocycles. The van der Waals surface area contributed by atoms with Crippen LogP contribution >= 0.6 is 11.3 Å². The van der Waals surface area contributed by atoms with Gasteiger partial charge in [-0.2, -0.15) is 4.98 Å². The minimum absolute atomic E-state index is 0.228. The number of benzene rings is 1. The number of thiophene rings is 1. The van der Waals surface area contributed by atoms with E-state index in [1.807, 2.05) is 44.1 Å². The first-order valence-corrected chi connectivity index (χ1v) is 11.1. The Morgan fingerprint density at radius 2 is 2.06 bits per heavy atom. The van der Waals surface area contributed by atoms with Gasteiger partial charge >= 0.3 is 6.08 Å². The molecule has 4 aromatic rings. The Kier molecular flexibility index (Phi) is 6.68. The highest BCUT2D eigenvalue weighted by molar-refractivity contribution is 7.19. The van der Waals surface area contributed by atoms with Gasteiger partial charge < -0.3 is 20.1 Å². The van der Waals surface area contributed by atoms with Crippen LogP contribution in [0.25, 0.3) is 21.3 Å². The predicted octanol–water partition coefficient (Wildman–Crippen LogP) is 4.22. The van der Waals surface area contributed by atoms with Crippen molar-refractivity contribution in [2.45, 2.75) is 13.3 Å². The summed E-state index contributed by atoms with van der Waals surface area (Å²) in [5.41, 5.74) is 2.14. The van der Waals surface area contributed by atoms with Crippen LogP contribution in [0.15, 0.2) is 41.2 Å². The number of aromatic hydroxyl groups is 1. The molecular formula is C22H23FN6O3S. The van der Waals surface area contributed by atoms with E-state index in [1.54, 1.807) is 6.07 Å². The fourth-order valence-corrected chi connectivity index (χ4v) is 4.15. The predicted molar refractivity (Wildman–Crippen MR) is 124 cm³/mol. The molecule has 0 saturated heterocycles. The van der Waals surface area contributed by atoms with Gasteiger partial charge in [0, 0.05) is 38.5 Å². The summed E-state index contributed by atoms with van der Waals surface area (Å²) in [6.45, 7) is 2.84. The molecule has 33 heavy (non-hydrogen) atoms. The topological polar surface area (TPSA) is 109 Å². The third-order valence-electron chi connectivity index (χ3n) is 4.79. The fraction of sp³-hybridized carbons (Fsp3) is 0.273. The van der Waals surface area contributed by atoms with Gasteiger partial charge in [0.25, 0.3) is 0 Å². The van der Waals surface area contributed by atoms with E-state index in [9.17, 15) is 9.50 Å². The molecule has 172 valence electrons. The normalized spacial score (nSPS) is 10.9. The molecule has 0 atom stereocenters. The van der Waals surface area contributed by atoms with Crippen molar-refractivity contribution >= 4 is 22.8 Å². The lowest BCUT2D eigenvalue weighted by Crippen LogP contribution is -2.11. The molecule has 0 aliphatic rings. The average Bonchev–Trinajstić information content (AvgIpc) is 3.41. The lowest BCUT2D eigenvalue weighted by molar-refractivity contribution is 0.267. The van der Waals surface area contributed by atoms with Crippen LogP contribution in [-0.2, 0) is 6.42 Å². The zero-order valence-corrected chi connectivity index (χ0v) is 19.2. The Morgan fingerprint density at radius 1 is 1.21 bits per heavy atom. The molecule has 1 aromatic carbocycles. The van der Waals surface area contributed by atoms with E-state index in [1.165, 1.54) is 23.7 Å². The van der Waals surface area contributed by atoms with E-state index < -0.39 is 6.08 Å². The second kappa shape index (κ2) is 9.82. The summed E-state index contributed by atoms with van der Waals surface area (Å²) in [7, 11) is 3.76. The third-order valence-corrected chi connectivity index (χ3v) is 5.92. The zero-order valence-electron chi connectivity index (χ0n) is 18.4. The molecule has 0 aliphatic heterocycles. The van der Waals surface area contributed by atoms with Crippen LogP contribution in [0.1, 0.15) is 12.5 Å². The maximum atomic E-state index is 14.3. The highest BCUT2D eigenvalue weighted by atomic mass is 32.1. The molecule has 0 amide bonds. The molecule has 4 rings (SSSR count). The van der Waals surface area contributed by atoms with Gasteiger partial charge in [-0.3, -0.25) is 4.52 Å². The fourth-order valence-electron chi connectivity index (χ4n) is 3.16. The van der Waals surface area contributed by atoms with Crippen molar-refractivity contribution in [3.8, 4) is 33.1 Å². The summed E-state index contributed by atoms with van der Waals surface area (Å²) in [6, 6.07) is 8.88. The van der Waals surface area contributed by atoms with Crippen LogP contribution in [-0.4, -0.2) is 52.5 Å². The number of halogens is 1. The number of nitrogens with zero attached hydrogens (tertiary/aromatic N) is 5. The van der Waals surface area contributed by atoms with Crippen LogP contribution in [0.5, 0.6) is 11.8 Å². The number of ether oxygens (including phenoxy) is 1. The second-order valence-electron chi connectivity index (χ2n) is 7.27.